The van der Waals surface area contributed by atoms with Gasteiger partial charge in [-0.2, -0.15) is 4.31 Å². The van der Waals surface area contributed by atoms with E-state index in [2.05, 4.69) is 15.5 Å². The molecule has 3 rings (SSSR count). The first-order valence-electron chi connectivity index (χ1n) is 7.91. The largest absolute Gasteiger partial charge is 0.317 e. The van der Waals surface area contributed by atoms with E-state index < -0.39 is 33.6 Å². The van der Waals surface area contributed by atoms with Crippen molar-refractivity contribution in [2.24, 2.45) is 0 Å². The number of hydrogen-bond acceptors (Lipinski definition) is 6. The molecule has 0 spiro atoms. The van der Waals surface area contributed by atoms with Crippen molar-refractivity contribution < 1.29 is 22.0 Å². The van der Waals surface area contributed by atoms with Gasteiger partial charge in [0, 0.05) is 12.6 Å². The van der Waals surface area contributed by atoms with Crippen LogP contribution in [-0.4, -0.2) is 41.1 Å². The first kappa shape index (κ1) is 18.8. The molecule has 1 fully saturated rings. The molecule has 1 unspecified atom stereocenters. The molecule has 1 saturated heterocycles. The van der Waals surface area contributed by atoms with Crippen LogP contribution in [0.3, 0.4) is 0 Å². The molecule has 0 saturated carbocycles. The van der Waals surface area contributed by atoms with E-state index in [0.29, 0.717) is 30.5 Å². The second-order valence-corrected chi connectivity index (χ2v) is 8.91. The number of anilines is 1. The average molecular weight is 402 g/mol. The maximum Gasteiger partial charge on any atom is 0.286 e. The summed E-state index contributed by atoms with van der Waals surface area (Å²) in [5.41, 5.74) is -0.177. The number of carbonyl (C=O) groups is 1. The van der Waals surface area contributed by atoms with Gasteiger partial charge in [0.25, 0.3) is 5.91 Å². The van der Waals surface area contributed by atoms with Crippen molar-refractivity contribution in [3.05, 3.63) is 39.8 Å². The van der Waals surface area contributed by atoms with Gasteiger partial charge >= 0.3 is 0 Å². The molecule has 0 aliphatic carbocycles. The fourth-order valence-electron chi connectivity index (χ4n) is 2.71. The number of hydrogen-bond donors (Lipinski definition) is 1. The van der Waals surface area contributed by atoms with Crippen LogP contribution in [0.25, 0.3) is 0 Å². The molecule has 2 heterocycles. The van der Waals surface area contributed by atoms with Gasteiger partial charge in [-0.05, 0) is 31.9 Å². The zero-order valence-corrected chi connectivity index (χ0v) is 15.4. The van der Waals surface area contributed by atoms with Crippen LogP contribution in [0.2, 0.25) is 0 Å². The molecular formula is C15H16F2N4O3S2. The lowest BCUT2D eigenvalue weighted by atomic mass is 10.2. The Morgan fingerprint density at radius 3 is 2.85 bits per heavy atom. The summed E-state index contributed by atoms with van der Waals surface area (Å²) in [6.07, 6.45) is 1.30. The Bertz CT molecular complexity index is 933. The number of sulfonamides is 1. The van der Waals surface area contributed by atoms with Gasteiger partial charge in [0.1, 0.15) is 16.6 Å². The van der Waals surface area contributed by atoms with Crippen molar-refractivity contribution in [1.29, 1.82) is 0 Å². The second-order valence-electron chi connectivity index (χ2n) is 5.69. The van der Waals surface area contributed by atoms with Gasteiger partial charge in [0.2, 0.25) is 15.0 Å². The lowest BCUT2D eigenvalue weighted by Crippen LogP contribution is -2.31. The van der Waals surface area contributed by atoms with Crippen molar-refractivity contribution in [3.63, 3.8) is 0 Å². The SMILES string of the molecule is CCS(=O)(=O)N1CCCC1c1nnc(C(=O)Nc2ccc(F)cc2F)s1. The molecular weight excluding hydrogens is 386 g/mol. The van der Waals surface area contributed by atoms with Crippen molar-refractivity contribution in [2.45, 2.75) is 25.8 Å². The molecule has 1 aromatic heterocycles. The standard InChI is InChI=1S/C15H16F2N4O3S2/c1-2-26(23,24)21-7-3-4-12(21)14-19-20-15(25-14)13(22)18-11-6-5-9(16)8-10(11)17/h5-6,8,12H,2-4,7H2,1H3,(H,18,22). The van der Waals surface area contributed by atoms with Gasteiger partial charge in [-0.1, -0.05) is 11.3 Å². The summed E-state index contributed by atoms with van der Waals surface area (Å²) in [7, 11) is -3.38. The Labute approximate surface area is 153 Å². The van der Waals surface area contributed by atoms with Gasteiger partial charge in [-0.25, -0.2) is 17.2 Å². The van der Waals surface area contributed by atoms with Crippen LogP contribution in [0.15, 0.2) is 18.2 Å². The quantitative estimate of drug-likeness (QED) is 0.830. The lowest BCUT2D eigenvalue weighted by Gasteiger charge is -2.21. The van der Waals surface area contributed by atoms with Gasteiger partial charge in [0.05, 0.1) is 17.5 Å². The Hall–Kier alpha value is -1.98. The van der Waals surface area contributed by atoms with Crippen LogP contribution in [0, 0.1) is 11.6 Å². The van der Waals surface area contributed by atoms with E-state index in [-0.39, 0.29) is 16.4 Å². The summed E-state index contributed by atoms with van der Waals surface area (Å²) in [4.78, 5) is 12.2. The third-order valence-electron chi connectivity index (χ3n) is 4.03. The van der Waals surface area contributed by atoms with Gasteiger partial charge in [0.15, 0.2) is 0 Å². The molecule has 0 bridgehead atoms. The topological polar surface area (TPSA) is 92.3 Å². The molecule has 26 heavy (non-hydrogen) atoms. The predicted molar refractivity (Wildman–Crippen MR) is 92.4 cm³/mol. The Kier molecular flexibility index (Phi) is 5.30. The second kappa shape index (κ2) is 7.33. The van der Waals surface area contributed by atoms with Crippen molar-refractivity contribution in [1.82, 2.24) is 14.5 Å². The van der Waals surface area contributed by atoms with Crippen LogP contribution in [0.5, 0.6) is 0 Å². The molecule has 2 aromatic rings. The lowest BCUT2D eigenvalue weighted by molar-refractivity contribution is 0.102. The number of nitrogens with zero attached hydrogens (tertiary/aromatic N) is 3. The highest BCUT2D eigenvalue weighted by Gasteiger charge is 2.36. The first-order chi connectivity index (χ1) is 12.3. The van der Waals surface area contributed by atoms with Crippen LogP contribution >= 0.6 is 11.3 Å². The highest BCUT2D eigenvalue weighted by atomic mass is 32.2. The van der Waals surface area contributed by atoms with E-state index in [0.717, 1.165) is 23.5 Å². The van der Waals surface area contributed by atoms with Crippen LogP contribution in [-0.2, 0) is 10.0 Å². The van der Waals surface area contributed by atoms with Crippen molar-refractivity contribution in [2.75, 3.05) is 17.6 Å². The van der Waals surface area contributed by atoms with Gasteiger partial charge in [-0.15, -0.1) is 10.2 Å². The van der Waals surface area contributed by atoms with Crippen LogP contribution < -0.4 is 5.32 Å². The zero-order valence-electron chi connectivity index (χ0n) is 13.8. The van der Waals surface area contributed by atoms with E-state index in [1.165, 1.54) is 4.31 Å². The summed E-state index contributed by atoms with van der Waals surface area (Å²) in [6, 6.07) is 2.35. The van der Waals surface area contributed by atoms with Gasteiger partial charge < -0.3 is 5.32 Å². The minimum absolute atomic E-state index is 0.0144. The monoisotopic (exact) mass is 402 g/mol. The van der Waals surface area contributed by atoms with E-state index in [4.69, 9.17) is 0 Å². The fourth-order valence-corrected chi connectivity index (χ4v) is 5.00. The number of rotatable bonds is 5. The smallest absolute Gasteiger partial charge is 0.286 e. The van der Waals surface area contributed by atoms with Crippen LogP contribution in [0.4, 0.5) is 14.5 Å². The van der Waals surface area contributed by atoms with E-state index >= 15 is 0 Å². The normalized spacial score (nSPS) is 18.2. The Balaban J connectivity index is 1.78. The van der Waals surface area contributed by atoms with E-state index in [1.54, 1.807) is 6.92 Å². The maximum atomic E-state index is 13.6. The molecule has 7 nitrogen and oxygen atoms in total. The van der Waals surface area contributed by atoms with Crippen molar-refractivity contribution in [3.8, 4) is 0 Å². The van der Waals surface area contributed by atoms with E-state index in [1.807, 2.05) is 0 Å². The number of aromatic nitrogens is 2. The third-order valence-corrected chi connectivity index (χ3v) is 6.93. The number of benzene rings is 1. The van der Waals surface area contributed by atoms with Crippen molar-refractivity contribution >= 4 is 33.0 Å². The number of amides is 1. The Morgan fingerprint density at radius 2 is 2.15 bits per heavy atom. The molecule has 140 valence electrons. The van der Waals surface area contributed by atoms with Crippen LogP contribution in [0.1, 0.15) is 40.6 Å². The fraction of sp³-hybridized carbons (Fsp3) is 0.400. The summed E-state index contributed by atoms with van der Waals surface area (Å²) < 4.78 is 52.3. The summed E-state index contributed by atoms with van der Waals surface area (Å²) in [5, 5.41) is 10.4. The molecule has 11 heteroatoms. The number of carbonyl (C=O) groups excluding carboxylic acids is 1. The first-order valence-corrected chi connectivity index (χ1v) is 10.3. The highest BCUT2D eigenvalue weighted by Crippen LogP contribution is 2.35. The zero-order chi connectivity index (χ0) is 18.9. The minimum atomic E-state index is -3.38. The molecule has 0 radical (unpaired) electrons. The summed E-state index contributed by atoms with van der Waals surface area (Å²) in [5.74, 6) is -2.36. The minimum Gasteiger partial charge on any atom is -0.317 e. The summed E-state index contributed by atoms with van der Waals surface area (Å²) >= 11 is 0.960. The molecule has 1 amide bonds. The molecule has 1 atom stereocenters. The van der Waals surface area contributed by atoms with Gasteiger partial charge in [-0.3, -0.25) is 4.79 Å². The molecule has 1 aliphatic rings. The molecule has 1 aliphatic heterocycles. The Morgan fingerprint density at radius 1 is 1.38 bits per heavy atom. The summed E-state index contributed by atoms with van der Waals surface area (Å²) in [6.45, 7) is 1.98. The number of nitrogens with one attached hydrogen (secondary N) is 1. The predicted octanol–water partition coefficient (Wildman–Crippen LogP) is 2.56. The average Bonchev–Trinajstić information content (AvgIpc) is 3.26. The van der Waals surface area contributed by atoms with E-state index in [9.17, 15) is 22.0 Å². The third kappa shape index (κ3) is 3.74. The number of halogens is 2. The maximum absolute atomic E-state index is 13.6. The molecule has 1 aromatic carbocycles. The highest BCUT2D eigenvalue weighted by molar-refractivity contribution is 7.89. The molecule has 1 N–H and O–H groups in total.